The molecule has 0 unspecified atom stereocenters. The summed E-state index contributed by atoms with van der Waals surface area (Å²) in [4.78, 5) is 16.7. The number of hydrogen-bond acceptors (Lipinski definition) is 4. The van der Waals surface area contributed by atoms with Gasteiger partial charge in [0.15, 0.2) is 0 Å². The fourth-order valence-electron chi connectivity index (χ4n) is 0.746. The molecule has 0 aliphatic heterocycles. The van der Waals surface area contributed by atoms with E-state index in [1.54, 1.807) is 0 Å². The lowest BCUT2D eigenvalue weighted by Crippen LogP contribution is -1.79. The Balaban J connectivity index is 0. The Bertz CT molecular complexity index is 345. The van der Waals surface area contributed by atoms with Crippen LogP contribution in [-0.2, 0) is 9.59 Å². The molecule has 2 N–H and O–H groups in total. The van der Waals surface area contributed by atoms with E-state index in [2.05, 4.69) is 0 Å². The normalized spacial score (nSPS) is 7.25. The lowest BCUT2D eigenvalue weighted by Gasteiger charge is -2.00. The minimum Gasteiger partial charge on any atom is -0.222 e. The molecule has 0 saturated heterocycles. The van der Waals surface area contributed by atoms with Crippen LogP contribution in [0.5, 0.6) is 0 Å². The second-order valence-corrected chi connectivity index (χ2v) is 3.37. The Morgan fingerprint density at radius 1 is 0.938 bits per heavy atom. The fourth-order valence-corrected chi connectivity index (χ4v) is 1.18. The van der Waals surface area contributed by atoms with Crippen molar-refractivity contribution < 1.29 is 9.59 Å². The molecule has 0 atom stereocenters. The lowest BCUT2D eigenvalue weighted by atomic mass is 10.2. The monoisotopic (exact) mass is 260 g/mol. The predicted octanol–water partition coefficient (Wildman–Crippen LogP) is 3.41. The zero-order chi connectivity index (χ0) is 13.1. The predicted molar refractivity (Wildman–Crippen MR) is 62.8 cm³/mol. The second-order valence-electron chi connectivity index (χ2n) is 2.55. The van der Waals surface area contributed by atoms with Crippen molar-refractivity contribution in [2.24, 2.45) is 0 Å². The highest BCUT2D eigenvalue weighted by Gasteiger charge is 1.98. The molecule has 0 aromatic heterocycles. The molecule has 0 heterocycles. The highest BCUT2D eigenvalue weighted by molar-refractivity contribution is 6.34. The minimum absolute atomic E-state index is 0.750. The van der Waals surface area contributed by atoms with Gasteiger partial charge in [-0.2, -0.15) is 0 Å². The Morgan fingerprint density at radius 2 is 1.12 bits per heavy atom. The van der Waals surface area contributed by atoms with Crippen LogP contribution in [0.15, 0.2) is 12.1 Å². The van der Waals surface area contributed by atoms with Gasteiger partial charge in [-0.15, -0.1) is 0 Å². The molecular formula is C10H10Cl2N2O2. The Hall–Kier alpha value is -1.44. The van der Waals surface area contributed by atoms with E-state index in [0.717, 1.165) is 33.3 Å². The van der Waals surface area contributed by atoms with Crippen molar-refractivity contribution in [3.63, 3.8) is 0 Å². The number of halogens is 2. The van der Waals surface area contributed by atoms with Crippen LogP contribution in [0.3, 0.4) is 0 Å². The number of aryl methyl sites for hydroxylation is 2. The Labute approximate surface area is 103 Å². The third kappa shape index (κ3) is 7.92. The number of benzene rings is 1. The van der Waals surface area contributed by atoms with Gasteiger partial charge in [-0.3, -0.25) is 0 Å². The SMILES string of the molecule is Cc1cc(Cl)c(C)cc1Cl.N=C=O.N=C=O. The molecular weight excluding hydrogens is 251 g/mol. The van der Waals surface area contributed by atoms with Gasteiger partial charge in [0.25, 0.3) is 0 Å². The molecule has 0 spiro atoms. The van der Waals surface area contributed by atoms with Gasteiger partial charge in [0.2, 0.25) is 12.2 Å². The van der Waals surface area contributed by atoms with E-state index in [-0.39, 0.29) is 0 Å². The smallest absolute Gasteiger partial charge is 0.222 e. The van der Waals surface area contributed by atoms with E-state index in [1.165, 1.54) is 0 Å². The van der Waals surface area contributed by atoms with Gasteiger partial charge in [-0.25, -0.2) is 20.4 Å². The quantitative estimate of drug-likeness (QED) is 0.554. The van der Waals surface area contributed by atoms with Gasteiger partial charge < -0.3 is 0 Å². The standard InChI is InChI=1S/C8H8Cl2.2CHNO/c1-5-3-8(10)6(2)4-7(5)9;2*2-1-3/h3-4H,1-2H3;2*2H. The van der Waals surface area contributed by atoms with Crippen LogP contribution < -0.4 is 0 Å². The van der Waals surface area contributed by atoms with E-state index in [9.17, 15) is 0 Å². The number of carbonyl (C=O) groups excluding carboxylic acids is 2. The molecule has 86 valence electrons. The highest BCUT2D eigenvalue weighted by Crippen LogP contribution is 2.23. The number of hydrogen-bond donors (Lipinski definition) is 2. The summed E-state index contributed by atoms with van der Waals surface area (Å²) in [7, 11) is 0. The maximum atomic E-state index is 8.35. The summed E-state index contributed by atoms with van der Waals surface area (Å²) < 4.78 is 0. The number of isocyanates is 2. The average molecular weight is 261 g/mol. The molecule has 0 radical (unpaired) electrons. The molecule has 4 nitrogen and oxygen atoms in total. The van der Waals surface area contributed by atoms with E-state index >= 15 is 0 Å². The van der Waals surface area contributed by atoms with Gasteiger partial charge in [0.1, 0.15) is 0 Å². The van der Waals surface area contributed by atoms with Crippen molar-refractivity contribution in [3.05, 3.63) is 33.3 Å². The summed E-state index contributed by atoms with van der Waals surface area (Å²) in [6.45, 7) is 3.88. The summed E-state index contributed by atoms with van der Waals surface area (Å²) in [5.74, 6) is 0. The van der Waals surface area contributed by atoms with Gasteiger partial charge >= 0.3 is 0 Å². The zero-order valence-electron chi connectivity index (χ0n) is 8.73. The average Bonchev–Trinajstić information content (AvgIpc) is 2.17. The van der Waals surface area contributed by atoms with Crippen molar-refractivity contribution in [2.45, 2.75) is 13.8 Å². The van der Waals surface area contributed by atoms with E-state index in [0.29, 0.717) is 0 Å². The van der Waals surface area contributed by atoms with Crippen molar-refractivity contribution >= 4 is 35.4 Å². The first-order chi connectivity index (χ1) is 7.44. The molecule has 0 saturated carbocycles. The minimum atomic E-state index is 0.750. The molecule has 1 aromatic rings. The van der Waals surface area contributed by atoms with Gasteiger partial charge in [0, 0.05) is 10.0 Å². The second kappa shape index (κ2) is 10.1. The Kier molecular flexibility index (Phi) is 10.7. The van der Waals surface area contributed by atoms with Gasteiger partial charge in [0.05, 0.1) is 0 Å². The van der Waals surface area contributed by atoms with E-state index in [4.69, 9.17) is 43.6 Å². The van der Waals surface area contributed by atoms with Crippen LogP contribution in [0.25, 0.3) is 0 Å². The van der Waals surface area contributed by atoms with Crippen LogP contribution in [0, 0.1) is 24.7 Å². The first-order valence-corrected chi connectivity index (χ1v) is 4.70. The fraction of sp³-hybridized carbons (Fsp3) is 0.200. The van der Waals surface area contributed by atoms with Crippen LogP contribution >= 0.6 is 23.2 Å². The summed E-state index contributed by atoms with van der Waals surface area (Å²) in [6.07, 6.45) is 1.50. The summed E-state index contributed by atoms with van der Waals surface area (Å²) in [6, 6.07) is 3.75. The molecule has 0 fully saturated rings. The maximum Gasteiger partial charge on any atom is 0.231 e. The maximum absolute atomic E-state index is 8.35. The van der Waals surface area contributed by atoms with Crippen LogP contribution in [0.2, 0.25) is 10.0 Å². The van der Waals surface area contributed by atoms with E-state index < -0.39 is 0 Å². The van der Waals surface area contributed by atoms with Crippen molar-refractivity contribution in [1.29, 1.82) is 10.8 Å². The van der Waals surface area contributed by atoms with Gasteiger partial charge in [-0.05, 0) is 37.1 Å². The molecule has 0 amide bonds. The largest absolute Gasteiger partial charge is 0.231 e. The molecule has 1 aromatic carbocycles. The van der Waals surface area contributed by atoms with Crippen molar-refractivity contribution in [2.75, 3.05) is 0 Å². The van der Waals surface area contributed by atoms with Crippen LogP contribution in [-0.4, -0.2) is 12.2 Å². The first-order valence-electron chi connectivity index (χ1n) is 3.94. The topological polar surface area (TPSA) is 81.8 Å². The summed E-state index contributed by atoms with van der Waals surface area (Å²) in [5, 5.41) is 12.4. The summed E-state index contributed by atoms with van der Waals surface area (Å²) in [5.41, 5.74) is 2.05. The lowest BCUT2D eigenvalue weighted by molar-refractivity contribution is 0.562. The molecule has 1 rings (SSSR count). The zero-order valence-corrected chi connectivity index (χ0v) is 10.2. The molecule has 0 aliphatic rings. The van der Waals surface area contributed by atoms with Crippen molar-refractivity contribution in [3.8, 4) is 0 Å². The summed E-state index contributed by atoms with van der Waals surface area (Å²) >= 11 is 11.7. The first kappa shape index (κ1) is 17.0. The molecule has 0 bridgehead atoms. The third-order valence-electron chi connectivity index (χ3n) is 1.44. The Morgan fingerprint density at radius 3 is 1.31 bits per heavy atom. The van der Waals surface area contributed by atoms with Gasteiger partial charge in [-0.1, -0.05) is 23.2 Å². The van der Waals surface area contributed by atoms with Crippen LogP contribution in [0.4, 0.5) is 0 Å². The van der Waals surface area contributed by atoms with Crippen LogP contribution in [0.1, 0.15) is 11.1 Å². The van der Waals surface area contributed by atoms with Crippen molar-refractivity contribution in [1.82, 2.24) is 0 Å². The van der Waals surface area contributed by atoms with E-state index in [1.807, 2.05) is 26.0 Å². The third-order valence-corrected chi connectivity index (χ3v) is 2.25. The number of nitrogens with one attached hydrogen (secondary N) is 2. The molecule has 16 heavy (non-hydrogen) atoms. The highest BCUT2D eigenvalue weighted by atomic mass is 35.5. The molecule has 0 aliphatic carbocycles. The molecule has 6 heteroatoms. The number of rotatable bonds is 0.